The van der Waals surface area contributed by atoms with Crippen LogP contribution in [0, 0.1) is 0 Å². The zero-order chi connectivity index (χ0) is 24.1. The van der Waals surface area contributed by atoms with Gasteiger partial charge in [-0.1, -0.05) is 55.4 Å². The molecule has 0 amide bonds. The Bertz CT molecular complexity index is 688. The summed E-state index contributed by atoms with van der Waals surface area (Å²) in [6.45, 7) is -0.591. The summed E-state index contributed by atoms with van der Waals surface area (Å²) in [5.41, 5.74) is -1.13. The van der Waals surface area contributed by atoms with Crippen molar-refractivity contribution in [2.45, 2.75) is 87.6 Å². The molecule has 0 radical (unpaired) electrons. The molecule has 1 fully saturated rings. The standard InChI is InChI=1S/C18H35NO10S3/c1-31(24)11-9-7-5-3-2-4-6-8-10-14(19-29-32(25,26)27)30-18-17(23)16(22)15(21)13(12-20)28-18/h13,15-18,20-23H,2-12H2,1H3,(H,25,26,27). The zero-order valence-electron chi connectivity index (χ0n) is 18.1. The molecule has 5 N–H and O–H groups in total. The molecule has 6 unspecified atom stereocenters. The largest absolute Gasteiger partial charge is 0.466 e. The van der Waals surface area contributed by atoms with Crippen LogP contribution in [0.1, 0.15) is 57.8 Å². The van der Waals surface area contributed by atoms with E-state index >= 15 is 0 Å². The lowest BCUT2D eigenvalue weighted by molar-refractivity contribution is -0.205. The van der Waals surface area contributed by atoms with Crippen molar-refractivity contribution in [2.24, 2.45) is 5.16 Å². The van der Waals surface area contributed by atoms with E-state index in [1.807, 2.05) is 0 Å². The summed E-state index contributed by atoms with van der Waals surface area (Å²) in [4.78, 5) is 0. The highest BCUT2D eigenvalue weighted by atomic mass is 32.3. The molecule has 0 aromatic carbocycles. The van der Waals surface area contributed by atoms with Crippen molar-refractivity contribution in [1.29, 1.82) is 0 Å². The topological polar surface area (TPSA) is 183 Å². The monoisotopic (exact) mass is 521 g/mol. The van der Waals surface area contributed by atoms with Crippen molar-refractivity contribution in [1.82, 2.24) is 0 Å². The van der Waals surface area contributed by atoms with Gasteiger partial charge in [-0.2, -0.15) is 8.42 Å². The molecule has 0 bridgehead atoms. The van der Waals surface area contributed by atoms with E-state index in [9.17, 15) is 33.1 Å². The van der Waals surface area contributed by atoms with Crippen LogP contribution in [0.25, 0.3) is 0 Å². The predicted molar refractivity (Wildman–Crippen MR) is 122 cm³/mol. The van der Waals surface area contributed by atoms with Crippen LogP contribution in [0.5, 0.6) is 0 Å². The maximum absolute atomic E-state index is 11.0. The predicted octanol–water partition coefficient (Wildman–Crippen LogP) is 0.542. The fourth-order valence-corrected chi connectivity index (χ4v) is 5.11. The van der Waals surface area contributed by atoms with E-state index in [1.54, 1.807) is 6.26 Å². The molecule has 1 heterocycles. The first-order chi connectivity index (χ1) is 15.0. The van der Waals surface area contributed by atoms with E-state index in [4.69, 9.17) is 9.29 Å². The van der Waals surface area contributed by atoms with E-state index in [-0.39, 0.29) is 11.5 Å². The summed E-state index contributed by atoms with van der Waals surface area (Å²) in [6.07, 6.45) is 3.90. The maximum Gasteiger partial charge on any atom is 0.466 e. The number of nitrogens with zero attached hydrogens (tertiary/aromatic N) is 1. The summed E-state index contributed by atoms with van der Waals surface area (Å²) < 4.78 is 51.0. The van der Waals surface area contributed by atoms with E-state index < -0.39 is 57.7 Å². The summed E-state index contributed by atoms with van der Waals surface area (Å²) in [5, 5.41) is 42.7. The van der Waals surface area contributed by atoms with Crippen LogP contribution < -0.4 is 0 Å². The lowest BCUT2D eigenvalue weighted by atomic mass is 10.0. The number of oxime groups is 1. The SMILES string of the molecule is CS(=O)CCCCCCCCCCC(=NOS(=O)(=O)O)SC1OC(CO)C(O)C(O)C1O. The van der Waals surface area contributed by atoms with Gasteiger partial charge in [0.05, 0.1) is 6.61 Å². The molecule has 1 aliphatic heterocycles. The average molecular weight is 522 g/mol. The van der Waals surface area contributed by atoms with Gasteiger partial charge in [0.15, 0.2) is 0 Å². The van der Waals surface area contributed by atoms with Crippen molar-refractivity contribution >= 4 is 38.0 Å². The van der Waals surface area contributed by atoms with Crippen molar-refractivity contribution in [3.05, 3.63) is 0 Å². The molecule has 190 valence electrons. The van der Waals surface area contributed by atoms with Crippen LogP contribution in [0.4, 0.5) is 0 Å². The van der Waals surface area contributed by atoms with Crippen LogP contribution in [-0.2, 0) is 30.2 Å². The molecule has 1 saturated heterocycles. The number of rotatable bonds is 15. The first kappa shape index (κ1) is 29.7. The highest BCUT2D eigenvalue weighted by Gasteiger charge is 2.44. The molecule has 14 heteroatoms. The van der Waals surface area contributed by atoms with Crippen molar-refractivity contribution in [3.63, 3.8) is 0 Å². The minimum Gasteiger partial charge on any atom is -0.394 e. The Balaban J connectivity index is 2.48. The summed E-state index contributed by atoms with van der Waals surface area (Å²) in [7, 11) is -5.56. The highest BCUT2D eigenvalue weighted by Crippen LogP contribution is 2.30. The second-order valence-electron chi connectivity index (χ2n) is 7.66. The second-order valence-corrected chi connectivity index (χ2v) is 11.4. The number of hydrogen-bond acceptors (Lipinski definition) is 11. The van der Waals surface area contributed by atoms with E-state index in [2.05, 4.69) is 9.44 Å². The quantitative estimate of drug-likeness (QED) is 0.0666. The minimum atomic E-state index is -4.82. The smallest absolute Gasteiger partial charge is 0.394 e. The molecule has 32 heavy (non-hydrogen) atoms. The van der Waals surface area contributed by atoms with Crippen LogP contribution in [0.2, 0.25) is 0 Å². The molecule has 1 aliphatic rings. The number of aliphatic hydroxyl groups is 4. The van der Waals surface area contributed by atoms with E-state index in [0.717, 1.165) is 62.5 Å². The molecule has 1 rings (SSSR count). The van der Waals surface area contributed by atoms with E-state index in [0.29, 0.717) is 6.42 Å². The van der Waals surface area contributed by atoms with Gasteiger partial charge in [0.1, 0.15) is 34.9 Å². The maximum atomic E-state index is 11.0. The number of ether oxygens (including phenoxy) is 1. The molecule has 0 aliphatic carbocycles. The number of thioether (sulfide) groups is 1. The van der Waals surface area contributed by atoms with Gasteiger partial charge in [-0.3, -0.25) is 8.76 Å². The van der Waals surface area contributed by atoms with Gasteiger partial charge < -0.3 is 25.2 Å². The van der Waals surface area contributed by atoms with Gasteiger partial charge >= 0.3 is 10.4 Å². The third kappa shape index (κ3) is 12.2. The van der Waals surface area contributed by atoms with Crippen LogP contribution in [0.15, 0.2) is 5.16 Å². The third-order valence-electron chi connectivity index (χ3n) is 4.91. The van der Waals surface area contributed by atoms with Crippen molar-refractivity contribution < 1.29 is 46.6 Å². The molecular weight excluding hydrogens is 486 g/mol. The highest BCUT2D eigenvalue weighted by molar-refractivity contribution is 8.14. The first-order valence-electron chi connectivity index (χ1n) is 10.5. The van der Waals surface area contributed by atoms with Gasteiger partial charge in [-0.15, -0.1) is 0 Å². The van der Waals surface area contributed by atoms with Crippen LogP contribution >= 0.6 is 11.8 Å². The molecule has 11 nitrogen and oxygen atoms in total. The van der Waals surface area contributed by atoms with Crippen molar-refractivity contribution in [2.75, 3.05) is 18.6 Å². The van der Waals surface area contributed by atoms with Gasteiger partial charge in [0.25, 0.3) is 0 Å². The Morgan fingerprint density at radius 2 is 1.56 bits per heavy atom. The number of unbranched alkanes of at least 4 members (excludes halogenated alkanes) is 7. The molecule has 6 atom stereocenters. The fourth-order valence-electron chi connectivity index (χ4n) is 3.16. The van der Waals surface area contributed by atoms with E-state index in [1.165, 1.54) is 0 Å². The lowest BCUT2D eigenvalue weighted by Gasteiger charge is -2.39. The molecule has 0 aromatic heterocycles. The van der Waals surface area contributed by atoms with Crippen LogP contribution in [0.3, 0.4) is 0 Å². The third-order valence-corrected chi connectivity index (χ3v) is 7.21. The Morgan fingerprint density at radius 3 is 2.09 bits per heavy atom. The molecule has 0 saturated carbocycles. The first-order valence-corrected chi connectivity index (χ1v) is 14.5. The second kappa shape index (κ2) is 15.6. The number of aliphatic hydroxyl groups excluding tert-OH is 4. The Labute approximate surface area is 196 Å². The molecule has 0 aromatic rings. The normalized spacial score (nSPS) is 27.9. The van der Waals surface area contributed by atoms with Crippen LogP contribution in [-0.4, -0.2) is 91.1 Å². The Morgan fingerprint density at radius 1 is 1.00 bits per heavy atom. The van der Waals surface area contributed by atoms with Gasteiger partial charge in [0.2, 0.25) is 0 Å². The molecular formula is C18H35NO10S3. The number of hydrogen-bond donors (Lipinski definition) is 5. The fraction of sp³-hybridized carbons (Fsp3) is 0.944. The average Bonchev–Trinajstić information content (AvgIpc) is 2.72. The summed E-state index contributed by atoms with van der Waals surface area (Å²) in [6, 6.07) is 0. The van der Waals surface area contributed by atoms with Gasteiger partial charge in [-0.05, 0) is 19.3 Å². The summed E-state index contributed by atoms with van der Waals surface area (Å²) >= 11 is 0.789. The Hall–Kier alpha value is -0.320. The Kier molecular flexibility index (Phi) is 14.4. The minimum absolute atomic E-state index is 0.111. The van der Waals surface area contributed by atoms with Gasteiger partial charge in [0, 0.05) is 22.8 Å². The zero-order valence-corrected chi connectivity index (χ0v) is 20.6. The van der Waals surface area contributed by atoms with Gasteiger partial charge in [-0.25, -0.2) is 4.28 Å². The van der Waals surface area contributed by atoms with Crippen molar-refractivity contribution in [3.8, 4) is 0 Å². The lowest BCUT2D eigenvalue weighted by Crippen LogP contribution is -2.57. The molecule has 0 spiro atoms. The summed E-state index contributed by atoms with van der Waals surface area (Å²) in [5.74, 6) is 0.736.